The molecule has 0 amide bonds. The third-order valence-corrected chi connectivity index (χ3v) is 4.30. The van der Waals surface area contributed by atoms with Crippen molar-refractivity contribution in [1.29, 1.82) is 5.26 Å². The molecule has 2 N–H and O–H groups in total. The van der Waals surface area contributed by atoms with Crippen LogP contribution < -0.4 is 10.6 Å². The predicted molar refractivity (Wildman–Crippen MR) is 81.6 cm³/mol. The van der Waals surface area contributed by atoms with E-state index in [2.05, 4.69) is 22.0 Å². The summed E-state index contributed by atoms with van der Waals surface area (Å²) in [6, 6.07) is 11.9. The summed E-state index contributed by atoms with van der Waals surface area (Å²) >= 11 is 1.86. The first-order valence-electron chi connectivity index (χ1n) is 6.38. The third-order valence-electron chi connectivity index (χ3n) is 3.25. The van der Waals surface area contributed by atoms with E-state index in [0.717, 1.165) is 30.1 Å². The molecule has 0 saturated carbocycles. The summed E-state index contributed by atoms with van der Waals surface area (Å²) in [6.45, 7) is 1.75. The van der Waals surface area contributed by atoms with E-state index < -0.39 is 0 Å². The van der Waals surface area contributed by atoms with Crippen molar-refractivity contribution >= 4 is 23.1 Å². The molecule has 0 spiro atoms. The van der Waals surface area contributed by atoms with Gasteiger partial charge in [0.15, 0.2) is 0 Å². The van der Waals surface area contributed by atoms with Crippen LogP contribution >= 0.6 is 11.8 Å². The minimum atomic E-state index is 0.460. The second kappa shape index (κ2) is 5.43. The van der Waals surface area contributed by atoms with Crippen molar-refractivity contribution in [3.63, 3.8) is 0 Å². The first kappa shape index (κ1) is 12.8. The number of pyridine rings is 1. The predicted octanol–water partition coefficient (Wildman–Crippen LogP) is 2.65. The molecule has 1 aliphatic heterocycles. The van der Waals surface area contributed by atoms with Crippen LogP contribution in [0.2, 0.25) is 0 Å². The maximum atomic E-state index is 8.92. The smallest absolute Gasteiger partial charge is 0.140 e. The summed E-state index contributed by atoms with van der Waals surface area (Å²) in [5.41, 5.74) is 9.41. The minimum Gasteiger partial charge on any atom is -0.399 e. The van der Waals surface area contributed by atoms with Gasteiger partial charge in [-0.05, 0) is 35.9 Å². The Hall–Kier alpha value is -2.19. The highest BCUT2D eigenvalue weighted by atomic mass is 32.2. The van der Waals surface area contributed by atoms with Gasteiger partial charge in [0.25, 0.3) is 0 Å². The van der Waals surface area contributed by atoms with Gasteiger partial charge < -0.3 is 10.6 Å². The molecule has 0 radical (unpaired) electrons. The van der Waals surface area contributed by atoms with Gasteiger partial charge in [-0.25, -0.2) is 4.98 Å². The van der Waals surface area contributed by atoms with E-state index >= 15 is 0 Å². The Morgan fingerprint density at radius 1 is 1.35 bits per heavy atom. The summed E-state index contributed by atoms with van der Waals surface area (Å²) in [7, 11) is 0. The van der Waals surface area contributed by atoms with Gasteiger partial charge in [-0.2, -0.15) is 5.26 Å². The molecule has 100 valence electrons. The van der Waals surface area contributed by atoms with Crippen LogP contribution in [0.15, 0.2) is 41.4 Å². The highest BCUT2D eigenvalue weighted by Gasteiger charge is 2.17. The first-order chi connectivity index (χ1) is 9.76. The quantitative estimate of drug-likeness (QED) is 0.858. The second-order valence-electron chi connectivity index (χ2n) is 4.66. The number of benzene rings is 1. The molecule has 2 heterocycles. The fourth-order valence-corrected chi connectivity index (χ4v) is 3.34. The van der Waals surface area contributed by atoms with Crippen molar-refractivity contribution < 1.29 is 0 Å². The Kier molecular flexibility index (Phi) is 3.48. The minimum absolute atomic E-state index is 0.460. The Bertz CT molecular complexity index is 678. The second-order valence-corrected chi connectivity index (χ2v) is 5.80. The molecule has 0 unspecified atom stereocenters. The molecule has 4 nitrogen and oxygen atoms in total. The van der Waals surface area contributed by atoms with Crippen LogP contribution in [-0.4, -0.2) is 17.3 Å². The van der Waals surface area contributed by atoms with Crippen molar-refractivity contribution in [2.24, 2.45) is 0 Å². The lowest BCUT2D eigenvalue weighted by atomic mass is 10.2. The Morgan fingerprint density at radius 2 is 2.25 bits per heavy atom. The Labute approximate surface area is 122 Å². The van der Waals surface area contributed by atoms with Gasteiger partial charge in [-0.1, -0.05) is 0 Å². The SMILES string of the molecule is N#Cc1cc(CN2CCSc3ccc(N)cc32)ccn1. The van der Waals surface area contributed by atoms with E-state index in [1.54, 1.807) is 6.20 Å². The van der Waals surface area contributed by atoms with E-state index in [9.17, 15) is 0 Å². The van der Waals surface area contributed by atoms with E-state index in [4.69, 9.17) is 11.0 Å². The van der Waals surface area contributed by atoms with E-state index in [1.807, 2.05) is 36.0 Å². The van der Waals surface area contributed by atoms with Crippen molar-refractivity contribution in [2.75, 3.05) is 22.9 Å². The molecule has 0 atom stereocenters. The van der Waals surface area contributed by atoms with Gasteiger partial charge in [0.1, 0.15) is 11.8 Å². The molecule has 3 rings (SSSR count). The summed E-state index contributed by atoms with van der Waals surface area (Å²) in [6.07, 6.45) is 1.69. The first-order valence-corrected chi connectivity index (χ1v) is 7.37. The van der Waals surface area contributed by atoms with Crippen molar-refractivity contribution in [3.8, 4) is 6.07 Å². The van der Waals surface area contributed by atoms with Gasteiger partial charge in [-0.3, -0.25) is 0 Å². The van der Waals surface area contributed by atoms with E-state index in [0.29, 0.717) is 5.69 Å². The van der Waals surface area contributed by atoms with Gasteiger partial charge >= 0.3 is 0 Å². The van der Waals surface area contributed by atoms with Crippen LogP contribution in [-0.2, 0) is 6.54 Å². The number of anilines is 2. The molecular weight excluding hydrogens is 268 g/mol. The molecule has 0 aliphatic carbocycles. The molecule has 5 heteroatoms. The van der Waals surface area contributed by atoms with Crippen molar-refractivity contribution in [3.05, 3.63) is 47.8 Å². The standard InChI is InChI=1S/C15H14N4S/c16-9-13-7-11(3-4-18-13)10-19-5-6-20-15-2-1-12(17)8-14(15)19/h1-4,7-8H,5-6,10,17H2. The fraction of sp³-hybridized carbons (Fsp3) is 0.200. The molecule has 20 heavy (non-hydrogen) atoms. The molecule has 1 aromatic heterocycles. The molecule has 0 saturated heterocycles. The molecule has 0 fully saturated rings. The van der Waals surface area contributed by atoms with Crippen LogP contribution in [0.4, 0.5) is 11.4 Å². The average Bonchev–Trinajstić information content (AvgIpc) is 2.48. The molecule has 1 aliphatic rings. The summed E-state index contributed by atoms with van der Waals surface area (Å²) < 4.78 is 0. The Balaban J connectivity index is 1.89. The maximum absolute atomic E-state index is 8.92. The summed E-state index contributed by atoms with van der Waals surface area (Å²) in [4.78, 5) is 7.57. The number of aromatic nitrogens is 1. The zero-order valence-electron chi connectivity index (χ0n) is 10.9. The maximum Gasteiger partial charge on any atom is 0.140 e. The van der Waals surface area contributed by atoms with Crippen LogP contribution in [0.1, 0.15) is 11.3 Å². The number of nitrogens with two attached hydrogens (primary N) is 1. The van der Waals surface area contributed by atoms with E-state index in [-0.39, 0.29) is 0 Å². The summed E-state index contributed by atoms with van der Waals surface area (Å²) in [5.74, 6) is 1.06. The number of thioether (sulfide) groups is 1. The van der Waals surface area contributed by atoms with Gasteiger partial charge in [-0.15, -0.1) is 11.8 Å². The number of rotatable bonds is 2. The highest BCUT2D eigenvalue weighted by molar-refractivity contribution is 7.99. The molecule has 2 aromatic rings. The van der Waals surface area contributed by atoms with Crippen LogP contribution in [0, 0.1) is 11.3 Å². The topological polar surface area (TPSA) is 65.9 Å². The van der Waals surface area contributed by atoms with Gasteiger partial charge in [0, 0.05) is 35.6 Å². The number of nitrogens with zero attached hydrogens (tertiary/aromatic N) is 3. The number of hydrogen-bond donors (Lipinski definition) is 1. The van der Waals surface area contributed by atoms with Gasteiger partial charge in [0.2, 0.25) is 0 Å². The molecular formula is C15H14N4S. The molecule has 1 aromatic carbocycles. The monoisotopic (exact) mass is 282 g/mol. The zero-order chi connectivity index (χ0) is 13.9. The number of fused-ring (bicyclic) bond motifs is 1. The zero-order valence-corrected chi connectivity index (χ0v) is 11.7. The van der Waals surface area contributed by atoms with Crippen molar-refractivity contribution in [1.82, 2.24) is 4.98 Å². The van der Waals surface area contributed by atoms with Crippen LogP contribution in [0.5, 0.6) is 0 Å². The lowest BCUT2D eigenvalue weighted by molar-refractivity contribution is 0.816. The number of nitriles is 1. The fourth-order valence-electron chi connectivity index (χ4n) is 2.31. The van der Waals surface area contributed by atoms with E-state index in [1.165, 1.54) is 10.6 Å². The lowest BCUT2D eigenvalue weighted by Crippen LogP contribution is -2.28. The number of nitrogen functional groups attached to an aromatic ring is 1. The highest BCUT2D eigenvalue weighted by Crippen LogP contribution is 2.36. The third kappa shape index (κ3) is 2.56. The lowest BCUT2D eigenvalue weighted by Gasteiger charge is -2.31. The summed E-state index contributed by atoms with van der Waals surface area (Å²) in [5, 5.41) is 8.92. The average molecular weight is 282 g/mol. The van der Waals surface area contributed by atoms with Crippen molar-refractivity contribution in [2.45, 2.75) is 11.4 Å². The van der Waals surface area contributed by atoms with Crippen LogP contribution in [0.3, 0.4) is 0 Å². The Morgan fingerprint density at radius 3 is 3.10 bits per heavy atom. The largest absolute Gasteiger partial charge is 0.399 e. The van der Waals surface area contributed by atoms with Crippen LogP contribution in [0.25, 0.3) is 0 Å². The van der Waals surface area contributed by atoms with Gasteiger partial charge in [0.05, 0.1) is 5.69 Å². The number of hydrogen-bond acceptors (Lipinski definition) is 5. The molecule has 0 bridgehead atoms. The normalized spacial score (nSPS) is 13.7.